The van der Waals surface area contributed by atoms with Crippen LogP contribution in [0.25, 0.3) is 0 Å². The number of hydrogen-bond donors (Lipinski definition) is 0. The summed E-state index contributed by atoms with van der Waals surface area (Å²) in [5.41, 5.74) is 0. The topological polar surface area (TPSA) is 26.3 Å². The van der Waals surface area contributed by atoms with E-state index in [0.29, 0.717) is 11.8 Å². The van der Waals surface area contributed by atoms with E-state index < -0.39 is 8.32 Å². The van der Waals surface area contributed by atoms with Gasteiger partial charge in [-0.3, -0.25) is 0 Å². The van der Waals surface area contributed by atoms with Gasteiger partial charge >= 0.3 is 5.97 Å². The SMILES string of the molecule is C=CC(=O)O[Si](CC(CC)CCCC)(CC(CC)CCCC)C(C)(C)C. The molecular formula is C23H46O2Si. The van der Waals surface area contributed by atoms with Crippen LogP contribution in [0, 0.1) is 11.8 Å². The maximum absolute atomic E-state index is 12.3. The normalized spacial score (nSPS) is 16.6. The van der Waals surface area contributed by atoms with E-state index in [2.05, 4.69) is 55.0 Å². The number of unbranched alkanes of at least 4 members (excludes halogenated alkanes) is 2. The summed E-state index contributed by atoms with van der Waals surface area (Å²) in [5.74, 6) is 1.13. The fraction of sp³-hybridized carbons (Fsp3) is 0.870. The molecule has 154 valence electrons. The van der Waals surface area contributed by atoms with Crippen molar-refractivity contribution in [3.63, 3.8) is 0 Å². The maximum Gasteiger partial charge on any atom is 0.316 e. The molecule has 0 aromatic rings. The van der Waals surface area contributed by atoms with Crippen molar-refractivity contribution in [1.29, 1.82) is 0 Å². The molecule has 26 heavy (non-hydrogen) atoms. The average Bonchev–Trinajstić information content (AvgIpc) is 2.60. The predicted octanol–water partition coefficient (Wildman–Crippen LogP) is 7.89. The molecule has 0 radical (unpaired) electrons. The summed E-state index contributed by atoms with van der Waals surface area (Å²) in [4.78, 5) is 12.3. The number of rotatable bonds is 14. The lowest BCUT2D eigenvalue weighted by Gasteiger charge is -2.45. The number of carbonyl (C=O) groups is 1. The quantitative estimate of drug-likeness (QED) is 0.225. The van der Waals surface area contributed by atoms with Crippen LogP contribution in [-0.4, -0.2) is 14.3 Å². The Bertz CT molecular complexity index is 380. The van der Waals surface area contributed by atoms with Gasteiger partial charge in [-0.1, -0.05) is 106 Å². The summed E-state index contributed by atoms with van der Waals surface area (Å²) >= 11 is 0. The Balaban J connectivity index is 5.72. The Kier molecular flexibility index (Phi) is 12.5. The highest BCUT2D eigenvalue weighted by Crippen LogP contribution is 2.48. The largest absolute Gasteiger partial charge is 0.515 e. The van der Waals surface area contributed by atoms with E-state index >= 15 is 0 Å². The smallest absolute Gasteiger partial charge is 0.316 e. The van der Waals surface area contributed by atoms with Gasteiger partial charge in [0.1, 0.15) is 0 Å². The molecule has 2 unspecified atom stereocenters. The molecule has 0 N–H and O–H groups in total. The summed E-state index contributed by atoms with van der Waals surface area (Å²) in [7, 11) is -2.27. The molecule has 0 fully saturated rings. The molecule has 0 saturated heterocycles. The van der Waals surface area contributed by atoms with Crippen molar-refractivity contribution < 1.29 is 9.22 Å². The van der Waals surface area contributed by atoms with Gasteiger partial charge in [0.25, 0.3) is 8.32 Å². The molecule has 0 rings (SSSR count). The van der Waals surface area contributed by atoms with Gasteiger partial charge in [-0.25, -0.2) is 4.79 Å². The first-order valence-electron chi connectivity index (χ1n) is 11.0. The first-order chi connectivity index (χ1) is 12.2. The highest BCUT2D eigenvalue weighted by atomic mass is 28.4. The zero-order valence-corrected chi connectivity index (χ0v) is 19.8. The Morgan fingerprint density at radius 3 is 1.65 bits per heavy atom. The lowest BCUT2D eigenvalue weighted by molar-refractivity contribution is -0.130. The lowest BCUT2D eigenvalue weighted by atomic mass is 10.0. The standard InChI is InChI=1S/C23H46O2Si/c1-9-14-16-20(11-3)18-26(23(6,7)8,25-22(24)13-5)19-21(12-4)17-15-10-2/h13,20-21H,5,9-12,14-19H2,1-4,6-8H3. The van der Waals surface area contributed by atoms with E-state index in [4.69, 9.17) is 4.43 Å². The molecule has 0 aliphatic carbocycles. The molecule has 0 aromatic carbocycles. The lowest BCUT2D eigenvalue weighted by Crippen LogP contribution is -2.51. The Morgan fingerprint density at radius 2 is 1.38 bits per heavy atom. The molecule has 2 atom stereocenters. The maximum atomic E-state index is 12.3. The fourth-order valence-corrected chi connectivity index (χ4v) is 9.17. The first-order valence-corrected chi connectivity index (χ1v) is 13.4. The summed E-state index contributed by atoms with van der Waals surface area (Å²) in [6.45, 7) is 19.7. The van der Waals surface area contributed by atoms with Crippen LogP contribution in [0.15, 0.2) is 12.7 Å². The van der Waals surface area contributed by atoms with Crippen molar-refractivity contribution in [3.8, 4) is 0 Å². The Labute approximate surface area is 165 Å². The second-order valence-corrected chi connectivity index (χ2v) is 13.6. The van der Waals surface area contributed by atoms with E-state index in [-0.39, 0.29) is 11.0 Å². The highest BCUT2D eigenvalue weighted by Gasteiger charge is 2.51. The second kappa shape index (κ2) is 12.7. The minimum Gasteiger partial charge on any atom is -0.515 e. The first kappa shape index (κ1) is 25.4. The van der Waals surface area contributed by atoms with Gasteiger partial charge in [-0.05, 0) is 29.0 Å². The van der Waals surface area contributed by atoms with Gasteiger partial charge in [-0.15, -0.1) is 0 Å². The van der Waals surface area contributed by atoms with E-state index in [1.54, 1.807) is 0 Å². The van der Waals surface area contributed by atoms with Crippen molar-refractivity contribution >= 4 is 14.3 Å². The second-order valence-electron chi connectivity index (χ2n) is 9.11. The highest BCUT2D eigenvalue weighted by molar-refractivity contribution is 6.78. The van der Waals surface area contributed by atoms with Crippen LogP contribution < -0.4 is 0 Å². The summed E-state index contributed by atoms with van der Waals surface area (Å²) in [6.07, 6.45) is 11.3. The molecule has 2 nitrogen and oxygen atoms in total. The van der Waals surface area contributed by atoms with Crippen LogP contribution in [0.4, 0.5) is 0 Å². The van der Waals surface area contributed by atoms with Gasteiger partial charge in [0.2, 0.25) is 0 Å². The van der Waals surface area contributed by atoms with Gasteiger partial charge < -0.3 is 4.43 Å². The fourth-order valence-electron chi connectivity index (χ4n) is 3.99. The summed E-state index contributed by atoms with van der Waals surface area (Å²) < 4.78 is 6.36. The Hall–Kier alpha value is -0.573. The van der Waals surface area contributed by atoms with Crippen molar-refractivity contribution in [1.82, 2.24) is 0 Å². The molecule has 0 amide bonds. The van der Waals surface area contributed by atoms with Crippen molar-refractivity contribution in [2.75, 3.05) is 0 Å². The van der Waals surface area contributed by atoms with Crippen molar-refractivity contribution in [2.45, 2.75) is 117 Å². The minimum absolute atomic E-state index is 0.0466. The average molecular weight is 383 g/mol. The molecule has 0 aromatic heterocycles. The molecule has 0 spiro atoms. The van der Waals surface area contributed by atoms with E-state index in [1.165, 1.54) is 57.4 Å². The Morgan fingerprint density at radius 1 is 0.962 bits per heavy atom. The summed E-state index contributed by atoms with van der Waals surface area (Å²) in [5, 5.41) is 0.0466. The molecule has 0 saturated carbocycles. The van der Waals surface area contributed by atoms with Gasteiger partial charge in [-0.2, -0.15) is 0 Å². The molecule has 0 heterocycles. The van der Waals surface area contributed by atoms with Crippen molar-refractivity contribution in [3.05, 3.63) is 12.7 Å². The zero-order chi connectivity index (χ0) is 20.2. The third-order valence-electron chi connectivity index (χ3n) is 6.15. The molecular weight excluding hydrogens is 336 g/mol. The number of hydrogen-bond acceptors (Lipinski definition) is 2. The van der Waals surface area contributed by atoms with Crippen LogP contribution >= 0.6 is 0 Å². The van der Waals surface area contributed by atoms with Gasteiger partial charge in [0, 0.05) is 6.08 Å². The summed E-state index contributed by atoms with van der Waals surface area (Å²) in [6, 6.07) is 2.21. The van der Waals surface area contributed by atoms with Crippen molar-refractivity contribution in [2.24, 2.45) is 11.8 Å². The van der Waals surface area contributed by atoms with Gasteiger partial charge in [0.05, 0.1) is 0 Å². The zero-order valence-electron chi connectivity index (χ0n) is 18.8. The minimum atomic E-state index is -2.27. The molecule has 0 aliphatic rings. The van der Waals surface area contributed by atoms with Crippen LogP contribution in [-0.2, 0) is 9.22 Å². The van der Waals surface area contributed by atoms with E-state index in [9.17, 15) is 4.79 Å². The van der Waals surface area contributed by atoms with Gasteiger partial charge in [0.15, 0.2) is 0 Å². The van der Waals surface area contributed by atoms with Crippen LogP contribution in [0.2, 0.25) is 17.1 Å². The molecule has 0 bridgehead atoms. The van der Waals surface area contributed by atoms with E-state index in [0.717, 1.165) is 12.1 Å². The third-order valence-corrected chi connectivity index (χ3v) is 12.0. The molecule has 0 aliphatic heterocycles. The molecule has 3 heteroatoms. The predicted molar refractivity (Wildman–Crippen MR) is 118 cm³/mol. The monoisotopic (exact) mass is 382 g/mol. The van der Waals surface area contributed by atoms with E-state index in [1.807, 2.05) is 0 Å². The van der Waals surface area contributed by atoms with Crippen LogP contribution in [0.5, 0.6) is 0 Å². The third kappa shape index (κ3) is 8.41. The number of carbonyl (C=O) groups excluding carboxylic acids is 1. The van der Waals surface area contributed by atoms with Crippen LogP contribution in [0.3, 0.4) is 0 Å². The van der Waals surface area contributed by atoms with Crippen LogP contribution in [0.1, 0.15) is 99.8 Å².